The lowest BCUT2D eigenvalue weighted by Gasteiger charge is -2.27. The van der Waals surface area contributed by atoms with Gasteiger partial charge >= 0.3 is 0 Å². The first-order valence-electron chi connectivity index (χ1n) is 6.70. The van der Waals surface area contributed by atoms with Crippen molar-refractivity contribution in [2.24, 2.45) is 5.73 Å². The van der Waals surface area contributed by atoms with Gasteiger partial charge in [-0.2, -0.15) is 0 Å². The van der Waals surface area contributed by atoms with Crippen molar-refractivity contribution in [3.8, 4) is 5.75 Å². The van der Waals surface area contributed by atoms with Crippen molar-refractivity contribution in [3.05, 3.63) is 29.3 Å². The molecular weight excluding hydrogens is 226 g/mol. The van der Waals surface area contributed by atoms with E-state index in [1.54, 1.807) is 0 Å². The fraction of sp³-hybridized carbons (Fsp3) is 0.533. The topological polar surface area (TPSA) is 52.3 Å². The second-order valence-electron chi connectivity index (χ2n) is 4.94. The minimum absolute atomic E-state index is 0.00579. The van der Waals surface area contributed by atoms with Crippen molar-refractivity contribution in [3.63, 3.8) is 0 Å². The summed E-state index contributed by atoms with van der Waals surface area (Å²) in [7, 11) is 0. The fourth-order valence-corrected chi connectivity index (χ4v) is 2.41. The Bertz CT molecular complexity index is 450. The van der Waals surface area contributed by atoms with Crippen LogP contribution in [0.15, 0.2) is 18.2 Å². The van der Waals surface area contributed by atoms with Crippen LogP contribution < -0.4 is 10.5 Å². The summed E-state index contributed by atoms with van der Waals surface area (Å²) in [6.45, 7) is 4.60. The van der Waals surface area contributed by atoms with Crippen LogP contribution in [-0.2, 0) is 6.42 Å². The molecule has 0 radical (unpaired) electrons. The van der Waals surface area contributed by atoms with Gasteiger partial charge in [0.15, 0.2) is 5.78 Å². The van der Waals surface area contributed by atoms with Crippen LogP contribution in [0.5, 0.6) is 5.75 Å². The van der Waals surface area contributed by atoms with Crippen molar-refractivity contribution in [1.82, 2.24) is 0 Å². The van der Waals surface area contributed by atoms with E-state index < -0.39 is 5.54 Å². The first kappa shape index (κ1) is 13.1. The molecule has 1 aromatic carbocycles. The minimum atomic E-state index is -0.768. The highest BCUT2D eigenvalue weighted by molar-refractivity contribution is 6.05. The molecule has 0 atom stereocenters. The number of ketones is 1. The van der Waals surface area contributed by atoms with Crippen LogP contribution in [0.2, 0.25) is 0 Å². The molecule has 3 heteroatoms. The fourth-order valence-electron chi connectivity index (χ4n) is 2.41. The number of hydrogen-bond acceptors (Lipinski definition) is 3. The molecule has 0 fully saturated rings. The van der Waals surface area contributed by atoms with Gasteiger partial charge in [-0.15, -0.1) is 0 Å². The first-order chi connectivity index (χ1) is 8.62. The van der Waals surface area contributed by atoms with Crippen molar-refractivity contribution < 1.29 is 9.53 Å². The van der Waals surface area contributed by atoms with E-state index in [0.717, 1.165) is 24.2 Å². The highest BCUT2D eigenvalue weighted by atomic mass is 16.5. The molecule has 0 amide bonds. The SMILES string of the molecule is CCC(N)(CC)C(=O)c1cccc2c1OCCC2. The molecule has 0 aliphatic carbocycles. The van der Waals surface area contributed by atoms with Gasteiger partial charge in [0.05, 0.1) is 17.7 Å². The predicted octanol–water partition coefficient (Wildman–Crippen LogP) is 2.71. The largest absolute Gasteiger partial charge is 0.493 e. The van der Waals surface area contributed by atoms with E-state index in [4.69, 9.17) is 10.5 Å². The zero-order chi connectivity index (χ0) is 13.2. The first-order valence-corrected chi connectivity index (χ1v) is 6.70. The molecule has 3 nitrogen and oxygen atoms in total. The van der Waals surface area contributed by atoms with Gasteiger partial charge in [0.25, 0.3) is 0 Å². The summed E-state index contributed by atoms with van der Waals surface area (Å²) < 4.78 is 5.68. The molecule has 0 unspecified atom stereocenters. The molecule has 0 saturated carbocycles. The molecule has 0 spiro atoms. The zero-order valence-corrected chi connectivity index (χ0v) is 11.2. The van der Waals surface area contributed by atoms with E-state index in [1.807, 2.05) is 32.0 Å². The van der Waals surface area contributed by atoms with Crippen molar-refractivity contribution in [1.29, 1.82) is 0 Å². The van der Waals surface area contributed by atoms with E-state index >= 15 is 0 Å². The smallest absolute Gasteiger partial charge is 0.186 e. The van der Waals surface area contributed by atoms with Gasteiger partial charge in [-0.05, 0) is 37.3 Å². The number of rotatable bonds is 4. The van der Waals surface area contributed by atoms with Crippen LogP contribution in [0.25, 0.3) is 0 Å². The van der Waals surface area contributed by atoms with E-state index in [9.17, 15) is 4.79 Å². The van der Waals surface area contributed by atoms with Crippen LogP contribution in [0, 0.1) is 0 Å². The average Bonchev–Trinajstić information content (AvgIpc) is 2.45. The summed E-state index contributed by atoms with van der Waals surface area (Å²) in [4.78, 5) is 12.6. The number of carbonyl (C=O) groups excluding carboxylic acids is 1. The predicted molar refractivity (Wildman–Crippen MR) is 72.1 cm³/mol. The Morgan fingerprint density at radius 3 is 2.78 bits per heavy atom. The number of carbonyl (C=O) groups is 1. The maximum Gasteiger partial charge on any atom is 0.186 e. The van der Waals surface area contributed by atoms with E-state index in [1.165, 1.54) is 0 Å². The zero-order valence-electron chi connectivity index (χ0n) is 11.2. The van der Waals surface area contributed by atoms with Crippen molar-refractivity contribution in [2.45, 2.75) is 45.1 Å². The Morgan fingerprint density at radius 1 is 1.39 bits per heavy atom. The van der Waals surface area contributed by atoms with E-state index in [0.29, 0.717) is 25.0 Å². The normalized spacial score (nSPS) is 14.8. The number of hydrogen-bond donors (Lipinski definition) is 1. The Morgan fingerprint density at radius 2 is 2.11 bits per heavy atom. The molecule has 2 N–H and O–H groups in total. The van der Waals surface area contributed by atoms with E-state index in [2.05, 4.69) is 0 Å². The Balaban J connectivity index is 2.42. The maximum atomic E-state index is 12.6. The Hall–Kier alpha value is -1.35. The molecule has 1 aliphatic rings. The van der Waals surface area contributed by atoms with Gasteiger partial charge in [0, 0.05) is 0 Å². The molecular formula is C15H21NO2. The van der Waals surface area contributed by atoms with Gasteiger partial charge in [-0.3, -0.25) is 4.79 Å². The summed E-state index contributed by atoms with van der Waals surface area (Å²) in [6.07, 6.45) is 3.28. The number of para-hydroxylation sites is 1. The van der Waals surface area contributed by atoms with E-state index in [-0.39, 0.29) is 5.78 Å². The Kier molecular flexibility index (Phi) is 3.71. The highest BCUT2D eigenvalue weighted by Gasteiger charge is 2.33. The summed E-state index contributed by atoms with van der Waals surface area (Å²) in [5.74, 6) is 0.761. The summed E-state index contributed by atoms with van der Waals surface area (Å²) in [5.41, 5.74) is 7.21. The summed E-state index contributed by atoms with van der Waals surface area (Å²) in [6, 6.07) is 5.78. The average molecular weight is 247 g/mol. The number of benzene rings is 1. The third-order valence-electron chi connectivity index (χ3n) is 3.89. The minimum Gasteiger partial charge on any atom is -0.493 e. The molecule has 0 bridgehead atoms. The molecule has 0 aromatic heterocycles. The monoisotopic (exact) mass is 247 g/mol. The van der Waals surface area contributed by atoms with Gasteiger partial charge in [-0.1, -0.05) is 26.0 Å². The lowest BCUT2D eigenvalue weighted by Crippen LogP contribution is -2.47. The van der Waals surface area contributed by atoms with Gasteiger partial charge in [-0.25, -0.2) is 0 Å². The number of nitrogens with two attached hydrogens (primary N) is 1. The Labute approximate surface area is 108 Å². The number of ether oxygens (including phenoxy) is 1. The molecule has 1 aliphatic heterocycles. The second kappa shape index (κ2) is 5.11. The van der Waals surface area contributed by atoms with Crippen molar-refractivity contribution >= 4 is 5.78 Å². The quantitative estimate of drug-likeness (QED) is 0.832. The summed E-state index contributed by atoms with van der Waals surface area (Å²) in [5, 5.41) is 0. The second-order valence-corrected chi connectivity index (χ2v) is 4.94. The molecule has 1 heterocycles. The maximum absolute atomic E-state index is 12.6. The van der Waals surface area contributed by atoms with Crippen LogP contribution in [0.4, 0.5) is 0 Å². The highest BCUT2D eigenvalue weighted by Crippen LogP contribution is 2.32. The van der Waals surface area contributed by atoms with Crippen LogP contribution >= 0.6 is 0 Å². The number of Topliss-reactive ketones (excluding diaryl/α,β-unsaturated/α-hetero) is 1. The summed E-state index contributed by atoms with van der Waals surface area (Å²) >= 11 is 0. The van der Waals surface area contributed by atoms with Crippen LogP contribution in [0.1, 0.15) is 49.0 Å². The third kappa shape index (κ3) is 2.15. The lowest BCUT2D eigenvalue weighted by molar-refractivity contribution is 0.0874. The van der Waals surface area contributed by atoms with Crippen molar-refractivity contribution in [2.75, 3.05) is 6.61 Å². The van der Waals surface area contributed by atoms with Crippen LogP contribution in [0.3, 0.4) is 0 Å². The third-order valence-corrected chi connectivity index (χ3v) is 3.89. The molecule has 1 aromatic rings. The molecule has 2 rings (SSSR count). The van der Waals surface area contributed by atoms with Gasteiger partial charge < -0.3 is 10.5 Å². The number of aryl methyl sites for hydroxylation is 1. The molecule has 18 heavy (non-hydrogen) atoms. The van der Waals surface area contributed by atoms with Gasteiger partial charge in [0.1, 0.15) is 5.75 Å². The standard InChI is InChI=1S/C15H21NO2/c1-3-15(16,4-2)14(17)12-9-5-7-11-8-6-10-18-13(11)12/h5,7,9H,3-4,6,8,10,16H2,1-2H3. The van der Waals surface area contributed by atoms with Crippen LogP contribution in [-0.4, -0.2) is 17.9 Å². The van der Waals surface area contributed by atoms with Gasteiger partial charge in [0.2, 0.25) is 0 Å². The number of fused-ring (bicyclic) bond motifs is 1. The molecule has 98 valence electrons. The lowest BCUT2D eigenvalue weighted by atomic mass is 9.84. The molecule has 0 saturated heterocycles.